The lowest BCUT2D eigenvalue weighted by Crippen LogP contribution is -1.99. The molecule has 0 atom stereocenters. The van der Waals surface area contributed by atoms with E-state index >= 15 is 0 Å². The number of nitrogens with zero attached hydrogens (tertiary/aromatic N) is 2. The fraction of sp³-hybridized carbons (Fsp3) is 0.250. The summed E-state index contributed by atoms with van der Waals surface area (Å²) < 4.78 is 7.89. The molecule has 0 amide bonds. The van der Waals surface area contributed by atoms with Crippen molar-refractivity contribution in [2.24, 2.45) is 7.05 Å². The van der Waals surface area contributed by atoms with Crippen molar-refractivity contribution in [1.29, 1.82) is 0 Å². The maximum atomic E-state index is 5.99. The minimum atomic E-state index is 0.545. The van der Waals surface area contributed by atoms with Crippen molar-refractivity contribution in [2.45, 2.75) is 6.61 Å². The van der Waals surface area contributed by atoms with Gasteiger partial charge in [-0.15, -0.1) is 0 Å². The highest BCUT2D eigenvalue weighted by Gasteiger charge is 2.11. The number of rotatable bonds is 3. The van der Waals surface area contributed by atoms with Gasteiger partial charge in [0.25, 0.3) is 0 Å². The minimum Gasteiger partial charge on any atom is -0.383 e. The number of nitrogen functional groups attached to an aromatic ring is 1. The summed E-state index contributed by atoms with van der Waals surface area (Å²) in [7, 11) is 3.50. The highest BCUT2D eigenvalue weighted by atomic mass is 79.9. The molecule has 0 bridgehead atoms. The number of ether oxygens (including phenoxy) is 1. The van der Waals surface area contributed by atoms with Crippen LogP contribution in [-0.4, -0.2) is 16.9 Å². The van der Waals surface area contributed by atoms with Gasteiger partial charge >= 0.3 is 0 Å². The molecular formula is C12H14BrN3O. The Morgan fingerprint density at radius 3 is 2.76 bits per heavy atom. The van der Waals surface area contributed by atoms with E-state index in [-0.39, 0.29) is 0 Å². The van der Waals surface area contributed by atoms with Gasteiger partial charge in [0.2, 0.25) is 0 Å². The number of anilines is 1. The van der Waals surface area contributed by atoms with Crippen molar-refractivity contribution in [3.8, 4) is 11.1 Å². The van der Waals surface area contributed by atoms with E-state index in [9.17, 15) is 0 Å². The zero-order valence-electron chi connectivity index (χ0n) is 9.77. The summed E-state index contributed by atoms with van der Waals surface area (Å²) in [4.78, 5) is 0. The summed E-state index contributed by atoms with van der Waals surface area (Å²) in [5.74, 6) is 0.657. The third-order valence-electron chi connectivity index (χ3n) is 2.64. The van der Waals surface area contributed by atoms with Crippen molar-refractivity contribution in [1.82, 2.24) is 9.78 Å². The zero-order chi connectivity index (χ0) is 12.4. The first kappa shape index (κ1) is 12.1. The van der Waals surface area contributed by atoms with Crippen molar-refractivity contribution < 1.29 is 4.74 Å². The SMILES string of the molecule is COCc1cc(Br)ccc1-c1cnn(C)c1N. The van der Waals surface area contributed by atoms with Gasteiger partial charge in [0.05, 0.1) is 12.8 Å². The molecule has 90 valence electrons. The van der Waals surface area contributed by atoms with E-state index in [1.807, 2.05) is 25.2 Å². The lowest BCUT2D eigenvalue weighted by Gasteiger charge is -2.09. The van der Waals surface area contributed by atoms with Crippen LogP contribution >= 0.6 is 15.9 Å². The molecule has 4 nitrogen and oxygen atoms in total. The molecular weight excluding hydrogens is 282 g/mol. The molecule has 0 aliphatic carbocycles. The van der Waals surface area contributed by atoms with E-state index in [4.69, 9.17) is 10.5 Å². The summed E-state index contributed by atoms with van der Waals surface area (Å²) in [5, 5.41) is 4.16. The van der Waals surface area contributed by atoms with Gasteiger partial charge < -0.3 is 10.5 Å². The van der Waals surface area contributed by atoms with E-state index in [2.05, 4.69) is 21.0 Å². The normalized spacial score (nSPS) is 10.8. The van der Waals surface area contributed by atoms with Gasteiger partial charge in [-0.2, -0.15) is 5.10 Å². The van der Waals surface area contributed by atoms with Gasteiger partial charge in [-0.25, -0.2) is 0 Å². The summed E-state index contributed by atoms with van der Waals surface area (Å²) in [6.07, 6.45) is 1.78. The topological polar surface area (TPSA) is 53.1 Å². The molecule has 2 aromatic rings. The highest BCUT2D eigenvalue weighted by molar-refractivity contribution is 9.10. The van der Waals surface area contributed by atoms with E-state index in [0.29, 0.717) is 12.4 Å². The van der Waals surface area contributed by atoms with Crippen LogP contribution in [0.4, 0.5) is 5.82 Å². The first-order chi connectivity index (χ1) is 8.13. The maximum Gasteiger partial charge on any atom is 0.129 e. The van der Waals surface area contributed by atoms with Crippen molar-refractivity contribution in [2.75, 3.05) is 12.8 Å². The Bertz CT molecular complexity index is 537. The highest BCUT2D eigenvalue weighted by Crippen LogP contribution is 2.30. The van der Waals surface area contributed by atoms with Gasteiger partial charge in [0, 0.05) is 24.2 Å². The monoisotopic (exact) mass is 295 g/mol. The Labute approximate surface area is 109 Å². The van der Waals surface area contributed by atoms with Crippen LogP contribution in [-0.2, 0) is 18.4 Å². The molecule has 0 spiro atoms. The van der Waals surface area contributed by atoms with E-state index in [1.165, 1.54) is 0 Å². The lowest BCUT2D eigenvalue weighted by atomic mass is 10.0. The number of methoxy groups -OCH3 is 1. The predicted octanol–water partition coefficient (Wildman–Crippen LogP) is 2.58. The Hall–Kier alpha value is -1.33. The minimum absolute atomic E-state index is 0.545. The van der Waals surface area contributed by atoms with Crippen molar-refractivity contribution in [3.05, 3.63) is 34.4 Å². The Morgan fingerprint density at radius 1 is 1.41 bits per heavy atom. The van der Waals surface area contributed by atoms with Crippen LogP contribution in [0.25, 0.3) is 11.1 Å². The quantitative estimate of drug-likeness (QED) is 0.947. The lowest BCUT2D eigenvalue weighted by molar-refractivity contribution is 0.185. The Morgan fingerprint density at radius 2 is 2.18 bits per heavy atom. The second-order valence-electron chi connectivity index (χ2n) is 3.80. The van der Waals surface area contributed by atoms with E-state index in [0.717, 1.165) is 21.2 Å². The van der Waals surface area contributed by atoms with Gasteiger partial charge in [0.15, 0.2) is 0 Å². The molecule has 0 unspecified atom stereocenters. The molecule has 0 fully saturated rings. The third-order valence-corrected chi connectivity index (χ3v) is 3.14. The van der Waals surface area contributed by atoms with Gasteiger partial charge in [-0.3, -0.25) is 4.68 Å². The molecule has 0 saturated heterocycles. The molecule has 1 aromatic carbocycles. The number of hydrogen-bond acceptors (Lipinski definition) is 3. The fourth-order valence-electron chi connectivity index (χ4n) is 1.75. The molecule has 5 heteroatoms. The Kier molecular flexibility index (Phi) is 3.49. The fourth-order valence-corrected chi connectivity index (χ4v) is 2.16. The molecule has 1 heterocycles. The van der Waals surface area contributed by atoms with Gasteiger partial charge in [0.1, 0.15) is 5.82 Å². The maximum absolute atomic E-state index is 5.99. The standard InChI is InChI=1S/C12H14BrN3O/c1-16-12(14)11(6-15-16)10-4-3-9(13)5-8(10)7-17-2/h3-6H,7,14H2,1-2H3. The average Bonchev–Trinajstić information content (AvgIpc) is 2.61. The first-order valence-electron chi connectivity index (χ1n) is 5.18. The summed E-state index contributed by atoms with van der Waals surface area (Å²) >= 11 is 3.45. The van der Waals surface area contributed by atoms with Gasteiger partial charge in [-0.05, 0) is 23.3 Å². The van der Waals surface area contributed by atoms with E-state index in [1.54, 1.807) is 18.0 Å². The molecule has 1 aromatic heterocycles. The van der Waals surface area contributed by atoms with Crippen molar-refractivity contribution >= 4 is 21.7 Å². The van der Waals surface area contributed by atoms with Gasteiger partial charge in [-0.1, -0.05) is 22.0 Å². The molecule has 0 saturated carbocycles. The summed E-state index contributed by atoms with van der Waals surface area (Å²) in [6.45, 7) is 0.545. The van der Waals surface area contributed by atoms with Crippen LogP contribution < -0.4 is 5.73 Å². The van der Waals surface area contributed by atoms with Crippen LogP contribution in [0.2, 0.25) is 0 Å². The number of hydrogen-bond donors (Lipinski definition) is 1. The molecule has 0 aliphatic heterocycles. The third kappa shape index (κ3) is 2.35. The summed E-state index contributed by atoms with van der Waals surface area (Å²) in [5.41, 5.74) is 9.06. The van der Waals surface area contributed by atoms with Crippen LogP contribution in [0.3, 0.4) is 0 Å². The van der Waals surface area contributed by atoms with Crippen LogP contribution in [0.1, 0.15) is 5.56 Å². The predicted molar refractivity (Wildman–Crippen MR) is 71.5 cm³/mol. The zero-order valence-corrected chi connectivity index (χ0v) is 11.4. The smallest absolute Gasteiger partial charge is 0.129 e. The second-order valence-corrected chi connectivity index (χ2v) is 4.72. The molecule has 2 N–H and O–H groups in total. The van der Waals surface area contributed by atoms with Crippen LogP contribution in [0, 0.1) is 0 Å². The van der Waals surface area contributed by atoms with Crippen LogP contribution in [0.15, 0.2) is 28.9 Å². The second kappa shape index (κ2) is 4.89. The number of nitrogens with two attached hydrogens (primary N) is 1. The largest absolute Gasteiger partial charge is 0.383 e. The molecule has 2 rings (SSSR count). The average molecular weight is 296 g/mol. The molecule has 17 heavy (non-hydrogen) atoms. The van der Waals surface area contributed by atoms with Crippen LogP contribution in [0.5, 0.6) is 0 Å². The summed E-state index contributed by atoms with van der Waals surface area (Å²) in [6, 6.07) is 6.04. The molecule has 0 aliphatic rings. The Balaban J connectivity index is 2.54. The first-order valence-corrected chi connectivity index (χ1v) is 5.98. The number of halogens is 1. The molecule has 0 radical (unpaired) electrons. The number of aryl methyl sites for hydroxylation is 1. The van der Waals surface area contributed by atoms with Crippen molar-refractivity contribution in [3.63, 3.8) is 0 Å². The number of benzene rings is 1. The number of aromatic nitrogens is 2. The van der Waals surface area contributed by atoms with E-state index < -0.39 is 0 Å².